The Kier molecular flexibility index (Phi) is 7.74. The third kappa shape index (κ3) is 5.59. The zero-order valence-corrected chi connectivity index (χ0v) is 21.9. The predicted octanol–water partition coefficient (Wildman–Crippen LogP) is 4.05. The number of aryl methyl sites for hydroxylation is 1. The maximum atomic E-state index is 13.3. The molecule has 1 aromatic heterocycles. The Balaban J connectivity index is 1.69. The molecule has 1 aliphatic heterocycles. The maximum Gasteiger partial charge on any atom is 0.264 e. The molecule has 1 unspecified atom stereocenters. The fourth-order valence-electron chi connectivity index (χ4n) is 4.35. The van der Waals surface area contributed by atoms with Crippen molar-refractivity contribution in [2.24, 2.45) is 13.0 Å². The van der Waals surface area contributed by atoms with E-state index >= 15 is 0 Å². The first-order valence-corrected chi connectivity index (χ1v) is 13.4. The van der Waals surface area contributed by atoms with E-state index in [1.807, 2.05) is 6.07 Å². The Morgan fingerprint density at radius 2 is 1.97 bits per heavy atom. The fourth-order valence-corrected chi connectivity index (χ4v) is 5.97. The number of halogens is 2. The van der Waals surface area contributed by atoms with Crippen molar-refractivity contribution >= 4 is 39.2 Å². The molecular formula is C24H29ClFN7O2S. The molecule has 12 heteroatoms. The van der Waals surface area contributed by atoms with E-state index in [9.17, 15) is 12.8 Å². The lowest BCUT2D eigenvalue weighted by atomic mass is 9.98. The monoisotopic (exact) mass is 533 g/mol. The summed E-state index contributed by atoms with van der Waals surface area (Å²) in [5.41, 5.74) is 2.57. The summed E-state index contributed by atoms with van der Waals surface area (Å²) in [7, 11) is -2.26. The van der Waals surface area contributed by atoms with Crippen molar-refractivity contribution in [1.82, 2.24) is 24.2 Å². The summed E-state index contributed by atoms with van der Waals surface area (Å²) < 4.78 is 41.3. The molecule has 2 heterocycles. The Bertz CT molecular complexity index is 1340. The lowest BCUT2D eigenvalue weighted by molar-refractivity contribution is 0.105. The molecule has 0 radical (unpaired) electrons. The second-order valence-electron chi connectivity index (χ2n) is 9.18. The first-order chi connectivity index (χ1) is 17.1. The van der Waals surface area contributed by atoms with Gasteiger partial charge in [-0.1, -0.05) is 25.4 Å². The molecule has 1 saturated heterocycles. The number of benzene rings is 2. The minimum atomic E-state index is -3.83. The molecule has 1 fully saturated rings. The molecule has 0 saturated carbocycles. The van der Waals surface area contributed by atoms with Gasteiger partial charge in [0.05, 0.1) is 12.2 Å². The summed E-state index contributed by atoms with van der Waals surface area (Å²) in [5, 5.41) is 19.4. The third-order valence-electron chi connectivity index (χ3n) is 6.04. The SMILES string of the molecule is CC(C)CN1CCN(S(=O)(=O)c2cnn(C)n2)CC1c1cc(C=N)c(Nc2ccc(F)cc2)cc1Cl. The number of anilines is 2. The van der Waals surface area contributed by atoms with Gasteiger partial charge in [-0.05, 0) is 47.9 Å². The molecular weight excluding hydrogens is 505 g/mol. The van der Waals surface area contributed by atoms with E-state index in [1.54, 1.807) is 25.2 Å². The number of aromatic nitrogens is 3. The number of piperazine rings is 1. The van der Waals surface area contributed by atoms with Gasteiger partial charge in [-0.2, -0.15) is 14.2 Å². The first-order valence-electron chi connectivity index (χ1n) is 11.6. The number of nitrogens with one attached hydrogen (secondary N) is 2. The van der Waals surface area contributed by atoms with Crippen molar-refractivity contribution in [3.8, 4) is 0 Å². The van der Waals surface area contributed by atoms with Gasteiger partial charge in [-0.3, -0.25) is 4.90 Å². The Labute approximate surface area is 215 Å². The smallest absolute Gasteiger partial charge is 0.264 e. The fraction of sp³-hybridized carbons (Fsp3) is 0.375. The molecule has 192 valence electrons. The molecule has 0 aliphatic carbocycles. The van der Waals surface area contributed by atoms with Crippen LogP contribution < -0.4 is 5.32 Å². The Hall–Kier alpha value is -2.86. The summed E-state index contributed by atoms with van der Waals surface area (Å²) in [6.45, 7) is 6.01. The molecule has 0 bridgehead atoms. The largest absolute Gasteiger partial charge is 0.355 e. The standard InChI is InChI=1S/C24H29ClFN7O2S/c1-16(2)14-32-8-9-33(36(34,35)24-13-28-31(3)30-24)15-23(32)20-10-17(12-27)22(11-21(20)25)29-19-6-4-18(26)5-7-19/h4-7,10-13,16,23,27,29H,8-9,14-15H2,1-3H3. The van der Waals surface area contributed by atoms with Crippen LogP contribution >= 0.6 is 11.6 Å². The van der Waals surface area contributed by atoms with Crippen LogP contribution in [0.5, 0.6) is 0 Å². The summed E-state index contributed by atoms with van der Waals surface area (Å²) in [4.78, 5) is 3.45. The number of hydrogen-bond donors (Lipinski definition) is 2. The van der Waals surface area contributed by atoms with Gasteiger partial charge in [0.1, 0.15) is 5.82 Å². The van der Waals surface area contributed by atoms with Gasteiger partial charge in [-0.25, -0.2) is 12.8 Å². The summed E-state index contributed by atoms with van der Waals surface area (Å²) in [5.74, 6) is 0.0146. The number of rotatable bonds is 8. The molecule has 2 N–H and O–H groups in total. The molecule has 3 aromatic rings. The topological polar surface area (TPSA) is 107 Å². The van der Waals surface area contributed by atoms with Crippen LogP contribution in [-0.2, 0) is 17.1 Å². The first kappa shape index (κ1) is 26.2. The molecule has 2 aromatic carbocycles. The lowest BCUT2D eigenvalue weighted by Gasteiger charge is -2.42. The van der Waals surface area contributed by atoms with Crippen molar-refractivity contribution in [1.29, 1.82) is 5.41 Å². The van der Waals surface area contributed by atoms with E-state index in [1.165, 1.54) is 33.6 Å². The van der Waals surface area contributed by atoms with Crippen LogP contribution in [0, 0.1) is 17.1 Å². The molecule has 9 nitrogen and oxygen atoms in total. The molecule has 4 rings (SSSR count). The summed E-state index contributed by atoms with van der Waals surface area (Å²) >= 11 is 6.77. The van der Waals surface area contributed by atoms with Crippen LogP contribution in [0.1, 0.15) is 31.0 Å². The van der Waals surface area contributed by atoms with E-state index in [4.69, 9.17) is 17.0 Å². The number of hydrogen-bond acceptors (Lipinski definition) is 7. The van der Waals surface area contributed by atoms with Crippen molar-refractivity contribution in [3.05, 3.63) is 64.6 Å². The highest BCUT2D eigenvalue weighted by Crippen LogP contribution is 2.36. The van der Waals surface area contributed by atoms with Crippen molar-refractivity contribution in [3.63, 3.8) is 0 Å². The predicted molar refractivity (Wildman–Crippen MR) is 138 cm³/mol. The Morgan fingerprint density at radius 3 is 2.58 bits per heavy atom. The number of nitrogens with zero attached hydrogens (tertiary/aromatic N) is 5. The van der Waals surface area contributed by atoms with E-state index in [-0.39, 0.29) is 23.4 Å². The van der Waals surface area contributed by atoms with E-state index in [2.05, 4.69) is 34.3 Å². The highest BCUT2D eigenvalue weighted by molar-refractivity contribution is 7.89. The van der Waals surface area contributed by atoms with Crippen molar-refractivity contribution in [2.75, 3.05) is 31.5 Å². The van der Waals surface area contributed by atoms with E-state index in [0.29, 0.717) is 41.0 Å². The lowest BCUT2D eigenvalue weighted by Crippen LogP contribution is -2.51. The van der Waals surface area contributed by atoms with Gasteiger partial charge < -0.3 is 10.7 Å². The van der Waals surface area contributed by atoms with Gasteiger partial charge in [0.2, 0.25) is 5.03 Å². The minimum Gasteiger partial charge on any atom is -0.355 e. The molecule has 0 spiro atoms. The van der Waals surface area contributed by atoms with Crippen LogP contribution in [0.3, 0.4) is 0 Å². The van der Waals surface area contributed by atoms with Gasteiger partial charge in [-0.15, -0.1) is 5.10 Å². The van der Waals surface area contributed by atoms with Crippen molar-refractivity contribution < 1.29 is 12.8 Å². The second kappa shape index (κ2) is 10.6. The minimum absolute atomic E-state index is 0.0915. The van der Waals surface area contributed by atoms with E-state index in [0.717, 1.165) is 12.1 Å². The van der Waals surface area contributed by atoms with Crippen LogP contribution in [0.4, 0.5) is 15.8 Å². The normalized spacial score (nSPS) is 17.4. The molecule has 1 aliphatic rings. The maximum absolute atomic E-state index is 13.3. The average molecular weight is 534 g/mol. The van der Waals surface area contributed by atoms with E-state index < -0.39 is 10.0 Å². The highest BCUT2D eigenvalue weighted by atomic mass is 35.5. The van der Waals surface area contributed by atoms with Crippen molar-refractivity contribution in [2.45, 2.75) is 24.9 Å². The second-order valence-corrected chi connectivity index (χ2v) is 11.5. The van der Waals surface area contributed by atoms with Gasteiger partial charge in [0.15, 0.2) is 0 Å². The van der Waals surface area contributed by atoms with Crippen LogP contribution in [-0.4, -0.2) is 65.0 Å². The third-order valence-corrected chi connectivity index (χ3v) is 8.10. The summed E-state index contributed by atoms with van der Waals surface area (Å²) in [6, 6.07) is 9.12. The highest BCUT2D eigenvalue weighted by Gasteiger charge is 2.37. The molecule has 0 amide bonds. The zero-order valence-electron chi connectivity index (χ0n) is 20.3. The van der Waals surface area contributed by atoms with Gasteiger partial charge >= 0.3 is 0 Å². The van der Waals surface area contributed by atoms with Crippen LogP contribution in [0.15, 0.2) is 47.6 Å². The zero-order chi connectivity index (χ0) is 26.0. The van der Waals surface area contributed by atoms with Crippen LogP contribution in [0.2, 0.25) is 5.02 Å². The average Bonchev–Trinajstić information content (AvgIpc) is 3.28. The Morgan fingerprint density at radius 1 is 1.25 bits per heavy atom. The van der Waals surface area contributed by atoms with Crippen LogP contribution in [0.25, 0.3) is 0 Å². The molecule has 36 heavy (non-hydrogen) atoms. The molecule has 1 atom stereocenters. The van der Waals surface area contributed by atoms with Gasteiger partial charge in [0, 0.05) is 61.4 Å². The van der Waals surface area contributed by atoms with Gasteiger partial charge in [0.25, 0.3) is 10.0 Å². The quantitative estimate of drug-likeness (QED) is 0.423. The number of sulfonamides is 1. The summed E-state index contributed by atoms with van der Waals surface area (Å²) in [6.07, 6.45) is 2.47.